The summed E-state index contributed by atoms with van der Waals surface area (Å²) in [6, 6.07) is 4.47. The molecule has 2 aliphatic rings. The number of hydrogen-bond donors (Lipinski definition) is 2. The third kappa shape index (κ3) is 2.92. The highest BCUT2D eigenvalue weighted by molar-refractivity contribution is 6.05. The third-order valence-corrected chi connectivity index (χ3v) is 4.79. The van der Waals surface area contributed by atoms with Crippen molar-refractivity contribution in [3.63, 3.8) is 0 Å². The summed E-state index contributed by atoms with van der Waals surface area (Å²) in [6.07, 6.45) is 3.54. The van der Waals surface area contributed by atoms with Gasteiger partial charge in [0.25, 0.3) is 5.91 Å². The fourth-order valence-electron chi connectivity index (χ4n) is 3.43. The van der Waals surface area contributed by atoms with Gasteiger partial charge in [0.15, 0.2) is 5.65 Å². The highest BCUT2D eigenvalue weighted by Crippen LogP contribution is 2.27. The highest BCUT2D eigenvalue weighted by atomic mass is 16.2. The minimum absolute atomic E-state index is 0.00387. The monoisotopic (exact) mass is 342 g/mol. The number of nitrogens with zero attached hydrogens (tertiary/aromatic N) is 4. The number of carbonyl (C=O) groups is 3. The number of imide groups is 1. The minimum Gasteiger partial charge on any atom is -0.343 e. The second-order valence-corrected chi connectivity index (χ2v) is 6.36. The van der Waals surface area contributed by atoms with Crippen molar-refractivity contribution in [1.82, 2.24) is 30.1 Å². The number of urea groups is 1. The fraction of sp³-hybridized carbons (Fsp3) is 0.438. The SMILES string of the molecule is O=C1NC(=O)[C@@H](CC(=O)N2CCC(c3nnc4ccccn34)CC2)N1. The lowest BCUT2D eigenvalue weighted by atomic mass is 9.95. The zero-order valence-electron chi connectivity index (χ0n) is 13.5. The quantitative estimate of drug-likeness (QED) is 0.765. The molecule has 1 atom stereocenters. The van der Waals surface area contributed by atoms with Crippen molar-refractivity contribution < 1.29 is 14.4 Å². The molecular weight excluding hydrogens is 324 g/mol. The van der Waals surface area contributed by atoms with Gasteiger partial charge in [-0.3, -0.25) is 19.3 Å². The maximum atomic E-state index is 12.4. The Kier molecular flexibility index (Phi) is 3.83. The number of nitrogens with one attached hydrogen (secondary N) is 2. The van der Waals surface area contributed by atoms with E-state index >= 15 is 0 Å². The average molecular weight is 342 g/mol. The fourth-order valence-corrected chi connectivity index (χ4v) is 3.43. The summed E-state index contributed by atoms with van der Waals surface area (Å²) in [7, 11) is 0. The van der Waals surface area contributed by atoms with Gasteiger partial charge in [-0.1, -0.05) is 6.07 Å². The second-order valence-electron chi connectivity index (χ2n) is 6.36. The molecule has 2 fully saturated rings. The van der Waals surface area contributed by atoms with Crippen molar-refractivity contribution in [2.75, 3.05) is 13.1 Å². The van der Waals surface area contributed by atoms with Crippen LogP contribution >= 0.6 is 0 Å². The van der Waals surface area contributed by atoms with E-state index in [1.165, 1.54) is 0 Å². The van der Waals surface area contributed by atoms with Crippen LogP contribution in [0.25, 0.3) is 5.65 Å². The first-order chi connectivity index (χ1) is 12.1. The largest absolute Gasteiger partial charge is 0.343 e. The van der Waals surface area contributed by atoms with Crippen molar-refractivity contribution in [2.24, 2.45) is 0 Å². The smallest absolute Gasteiger partial charge is 0.322 e. The Balaban J connectivity index is 1.37. The van der Waals surface area contributed by atoms with E-state index in [4.69, 9.17) is 0 Å². The summed E-state index contributed by atoms with van der Waals surface area (Å²) in [5.74, 6) is 0.608. The van der Waals surface area contributed by atoms with Crippen LogP contribution in [0.2, 0.25) is 0 Å². The summed E-state index contributed by atoms with van der Waals surface area (Å²) in [4.78, 5) is 36.8. The van der Waals surface area contributed by atoms with Gasteiger partial charge in [-0.15, -0.1) is 10.2 Å². The predicted molar refractivity (Wildman–Crippen MR) is 86.6 cm³/mol. The van der Waals surface area contributed by atoms with E-state index in [-0.39, 0.29) is 18.2 Å². The van der Waals surface area contributed by atoms with Gasteiger partial charge in [0.05, 0.1) is 6.42 Å². The lowest BCUT2D eigenvalue weighted by Crippen LogP contribution is -2.42. The molecule has 0 saturated carbocycles. The highest BCUT2D eigenvalue weighted by Gasteiger charge is 2.34. The van der Waals surface area contributed by atoms with E-state index in [2.05, 4.69) is 20.8 Å². The molecule has 9 nitrogen and oxygen atoms in total. The Morgan fingerprint density at radius 2 is 2.00 bits per heavy atom. The molecule has 0 aromatic carbocycles. The maximum Gasteiger partial charge on any atom is 0.322 e. The van der Waals surface area contributed by atoms with Crippen molar-refractivity contribution >= 4 is 23.5 Å². The molecule has 4 heterocycles. The van der Waals surface area contributed by atoms with Crippen molar-refractivity contribution in [2.45, 2.75) is 31.2 Å². The Morgan fingerprint density at radius 1 is 1.20 bits per heavy atom. The number of aromatic nitrogens is 3. The number of piperidine rings is 1. The van der Waals surface area contributed by atoms with Gasteiger partial charge in [0, 0.05) is 25.2 Å². The topological polar surface area (TPSA) is 109 Å². The Morgan fingerprint density at radius 3 is 2.72 bits per heavy atom. The van der Waals surface area contributed by atoms with Crippen LogP contribution in [-0.4, -0.2) is 56.5 Å². The molecule has 25 heavy (non-hydrogen) atoms. The molecule has 0 unspecified atom stereocenters. The molecule has 0 spiro atoms. The van der Waals surface area contributed by atoms with Crippen LogP contribution in [0.5, 0.6) is 0 Å². The number of rotatable bonds is 3. The van der Waals surface area contributed by atoms with Gasteiger partial charge in [0.2, 0.25) is 5.91 Å². The average Bonchev–Trinajstić information content (AvgIpc) is 3.18. The summed E-state index contributed by atoms with van der Waals surface area (Å²) >= 11 is 0. The summed E-state index contributed by atoms with van der Waals surface area (Å²) in [6.45, 7) is 1.21. The first kappa shape index (κ1) is 15.6. The lowest BCUT2D eigenvalue weighted by molar-refractivity contribution is -0.134. The number of pyridine rings is 1. The molecule has 4 amide bonds. The van der Waals surface area contributed by atoms with E-state index in [0.717, 1.165) is 24.3 Å². The van der Waals surface area contributed by atoms with E-state index in [9.17, 15) is 14.4 Å². The molecule has 0 radical (unpaired) electrons. The van der Waals surface area contributed by atoms with Gasteiger partial charge < -0.3 is 10.2 Å². The lowest BCUT2D eigenvalue weighted by Gasteiger charge is -2.31. The van der Waals surface area contributed by atoms with E-state index in [0.29, 0.717) is 13.1 Å². The van der Waals surface area contributed by atoms with Gasteiger partial charge in [-0.25, -0.2) is 4.79 Å². The minimum atomic E-state index is -0.766. The van der Waals surface area contributed by atoms with Gasteiger partial charge in [-0.05, 0) is 25.0 Å². The van der Waals surface area contributed by atoms with E-state index < -0.39 is 18.0 Å². The molecule has 2 aromatic heterocycles. The van der Waals surface area contributed by atoms with Gasteiger partial charge in [-0.2, -0.15) is 0 Å². The Labute approximate surface area is 143 Å². The number of likely N-dealkylation sites (tertiary alicyclic amines) is 1. The zero-order valence-corrected chi connectivity index (χ0v) is 13.5. The summed E-state index contributed by atoms with van der Waals surface area (Å²) in [5.41, 5.74) is 0.819. The number of fused-ring (bicyclic) bond motifs is 1. The van der Waals surface area contributed by atoms with Crippen LogP contribution in [0.15, 0.2) is 24.4 Å². The Bertz CT molecular complexity index is 839. The van der Waals surface area contributed by atoms with Gasteiger partial charge >= 0.3 is 6.03 Å². The number of amides is 4. The molecule has 2 aromatic rings. The van der Waals surface area contributed by atoms with Crippen LogP contribution in [0, 0.1) is 0 Å². The predicted octanol–water partition coefficient (Wildman–Crippen LogP) is 0.0334. The molecule has 9 heteroatoms. The van der Waals surface area contributed by atoms with Crippen LogP contribution in [0.3, 0.4) is 0 Å². The van der Waals surface area contributed by atoms with Crippen LogP contribution in [0.4, 0.5) is 4.79 Å². The van der Waals surface area contributed by atoms with Crippen molar-refractivity contribution in [3.8, 4) is 0 Å². The maximum absolute atomic E-state index is 12.4. The molecule has 2 saturated heterocycles. The molecule has 0 bridgehead atoms. The molecular formula is C16H18N6O3. The normalized spacial score (nSPS) is 21.4. The van der Waals surface area contributed by atoms with Crippen LogP contribution in [0.1, 0.15) is 31.0 Å². The summed E-state index contributed by atoms with van der Waals surface area (Å²) in [5, 5.41) is 13.1. The van der Waals surface area contributed by atoms with E-state index in [1.54, 1.807) is 4.90 Å². The van der Waals surface area contributed by atoms with Crippen LogP contribution < -0.4 is 10.6 Å². The van der Waals surface area contributed by atoms with Crippen molar-refractivity contribution in [3.05, 3.63) is 30.2 Å². The molecule has 0 aliphatic carbocycles. The van der Waals surface area contributed by atoms with Gasteiger partial charge in [0.1, 0.15) is 11.9 Å². The number of carbonyl (C=O) groups excluding carboxylic acids is 3. The zero-order chi connectivity index (χ0) is 17.4. The molecule has 2 aliphatic heterocycles. The van der Waals surface area contributed by atoms with E-state index in [1.807, 2.05) is 28.8 Å². The second kappa shape index (κ2) is 6.15. The number of hydrogen-bond acceptors (Lipinski definition) is 5. The first-order valence-corrected chi connectivity index (χ1v) is 8.30. The molecule has 2 N–H and O–H groups in total. The first-order valence-electron chi connectivity index (χ1n) is 8.30. The summed E-state index contributed by atoms with van der Waals surface area (Å²) < 4.78 is 1.99. The third-order valence-electron chi connectivity index (χ3n) is 4.79. The van der Waals surface area contributed by atoms with Crippen molar-refractivity contribution in [1.29, 1.82) is 0 Å². The molecule has 4 rings (SSSR count). The van der Waals surface area contributed by atoms with Crippen LogP contribution in [-0.2, 0) is 9.59 Å². The Hall–Kier alpha value is -2.97. The standard InChI is InChI=1S/C16H18N6O3/c23-13(9-11-15(24)18-16(25)17-11)21-7-4-10(5-8-21)14-20-19-12-3-1-2-6-22(12)14/h1-3,6,10-11H,4-5,7-9H2,(H2,17,18,24,25)/t11-/m1/s1. The molecule has 130 valence electrons.